The Morgan fingerprint density at radius 3 is 3.13 bits per heavy atom. The Bertz CT molecular complexity index is 375. The highest BCUT2D eigenvalue weighted by Gasteiger charge is 2.36. The van der Waals surface area contributed by atoms with E-state index in [1.165, 1.54) is 43.4 Å². The minimum Gasteiger partial charge on any atom is -0.311 e. The molecule has 0 aromatic carbocycles. The van der Waals surface area contributed by atoms with Crippen molar-refractivity contribution in [3.8, 4) is 0 Å². The fraction of sp³-hybridized carbons (Fsp3) is 0.462. The largest absolute Gasteiger partial charge is 0.311 e. The van der Waals surface area contributed by atoms with Crippen LogP contribution in [0.1, 0.15) is 31.2 Å². The summed E-state index contributed by atoms with van der Waals surface area (Å²) in [4.78, 5) is 4.18. The number of hydrogen-bond donors (Lipinski definition) is 1. The van der Waals surface area contributed by atoms with E-state index in [2.05, 4.69) is 22.4 Å². The van der Waals surface area contributed by atoms with Gasteiger partial charge in [0.1, 0.15) is 0 Å². The number of hydrogen-bond acceptors (Lipinski definition) is 2. The molecule has 1 aromatic heterocycles. The van der Waals surface area contributed by atoms with E-state index < -0.39 is 0 Å². The molecule has 0 amide bonds. The summed E-state index contributed by atoms with van der Waals surface area (Å²) in [7, 11) is 0. The molecule has 1 fully saturated rings. The number of pyridine rings is 1. The van der Waals surface area contributed by atoms with Crippen LogP contribution in [0.25, 0.3) is 5.57 Å². The number of aromatic nitrogens is 1. The molecule has 2 aliphatic rings. The van der Waals surface area contributed by atoms with Crippen molar-refractivity contribution in [2.24, 2.45) is 0 Å². The molecule has 78 valence electrons. The molecule has 0 bridgehead atoms. The van der Waals surface area contributed by atoms with E-state index in [4.69, 9.17) is 0 Å². The standard InChI is InChI=1S/C13H16N2/c1-3-12(10-14-7-1)11-4-6-13(9-11)5-2-8-15-13/h1,3-4,7,10,15H,2,5-6,8-9H2. The van der Waals surface area contributed by atoms with E-state index in [9.17, 15) is 0 Å². The molecule has 0 saturated carbocycles. The molecule has 2 heteroatoms. The number of nitrogens with one attached hydrogen (secondary N) is 1. The molecule has 1 aliphatic heterocycles. The summed E-state index contributed by atoms with van der Waals surface area (Å²) in [6.07, 6.45) is 11.2. The zero-order valence-corrected chi connectivity index (χ0v) is 8.87. The average Bonchev–Trinajstić information content (AvgIpc) is 2.91. The fourth-order valence-corrected chi connectivity index (χ4v) is 2.79. The Balaban J connectivity index is 1.81. The Kier molecular flexibility index (Phi) is 2.10. The minimum atomic E-state index is 0.394. The number of rotatable bonds is 1. The molecule has 1 aromatic rings. The van der Waals surface area contributed by atoms with E-state index in [0.29, 0.717) is 5.54 Å². The van der Waals surface area contributed by atoms with E-state index in [1.807, 2.05) is 18.5 Å². The molecular formula is C13H16N2. The van der Waals surface area contributed by atoms with Gasteiger partial charge in [-0.3, -0.25) is 4.98 Å². The van der Waals surface area contributed by atoms with E-state index in [-0.39, 0.29) is 0 Å². The van der Waals surface area contributed by atoms with Crippen molar-refractivity contribution in [1.29, 1.82) is 0 Å². The zero-order chi connectivity index (χ0) is 10.1. The first-order valence-corrected chi connectivity index (χ1v) is 5.73. The van der Waals surface area contributed by atoms with Gasteiger partial charge in [-0.05, 0) is 49.4 Å². The molecule has 2 nitrogen and oxygen atoms in total. The van der Waals surface area contributed by atoms with Gasteiger partial charge in [0.25, 0.3) is 0 Å². The van der Waals surface area contributed by atoms with Gasteiger partial charge in [-0.25, -0.2) is 0 Å². The Labute approximate surface area is 90.4 Å². The van der Waals surface area contributed by atoms with Crippen LogP contribution in [-0.4, -0.2) is 17.1 Å². The third kappa shape index (κ3) is 1.59. The van der Waals surface area contributed by atoms with Crippen molar-refractivity contribution in [3.63, 3.8) is 0 Å². The van der Waals surface area contributed by atoms with Gasteiger partial charge in [-0.2, -0.15) is 0 Å². The maximum atomic E-state index is 4.18. The van der Waals surface area contributed by atoms with Crippen molar-refractivity contribution in [3.05, 3.63) is 36.2 Å². The molecule has 1 atom stereocenters. The summed E-state index contributed by atoms with van der Waals surface area (Å²) >= 11 is 0. The highest BCUT2D eigenvalue weighted by molar-refractivity contribution is 5.68. The highest BCUT2D eigenvalue weighted by Crippen LogP contribution is 2.39. The van der Waals surface area contributed by atoms with Gasteiger partial charge in [-0.15, -0.1) is 0 Å². The summed E-state index contributed by atoms with van der Waals surface area (Å²) < 4.78 is 0. The van der Waals surface area contributed by atoms with Crippen LogP contribution in [0.4, 0.5) is 0 Å². The molecular weight excluding hydrogens is 184 g/mol. The molecule has 1 spiro atoms. The van der Waals surface area contributed by atoms with Crippen molar-refractivity contribution in [2.45, 2.75) is 31.2 Å². The van der Waals surface area contributed by atoms with Crippen molar-refractivity contribution < 1.29 is 0 Å². The van der Waals surface area contributed by atoms with Crippen LogP contribution >= 0.6 is 0 Å². The van der Waals surface area contributed by atoms with E-state index in [0.717, 1.165) is 0 Å². The molecule has 1 aliphatic carbocycles. The average molecular weight is 200 g/mol. The van der Waals surface area contributed by atoms with Crippen LogP contribution in [0.2, 0.25) is 0 Å². The van der Waals surface area contributed by atoms with Crippen LogP contribution in [0.5, 0.6) is 0 Å². The molecule has 1 saturated heterocycles. The summed E-state index contributed by atoms with van der Waals surface area (Å²) in [5.41, 5.74) is 3.16. The molecule has 1 N–H and O–H groups in total. The topological polar surface area (TPSA) is 24.9 Å². The molecule has 15 heavy (non-hydrogen) atoms. The lowest BCUT2D eigenvalue weighted by atomic mass is 9.92. The third-order valence-electron chi connectivity index (χ3n) is 3.63. The zero-order valence-electron chi connectivity index (χ0n) is 8.87. The predicted molar refractivity (Wildman–Crippen MR) is 61.4 cm³/mol. The lowest BCUT2D eigenvalue weighted by Gasteiger charge is -2.23. The minimum absolute atomic E-state index is 0.394. The van der Waals surface area contributed by atoms with E-state index >= 15 is 0 Å². The van der Waals surface area contributed by atoms with Crippen LogP contribution in [0.15, 0.2) is 30.6 Å². The maximum absolute atomic E-state index is 4.18. The van der Waals surface area contributed by atoms with Crippen molar-refractivity contribution >= 4 is 5.57 Å². The summed E-state index contributed by atoms with van der Waals surface area (Å²) in [6, 6.07) is 4.18. The van der Waals surface area contributed by atoms with Crippen LogP contribution in [0, 0.1) is 0 Å². The monoisotopic (exact) mass is 200 g/mol. The highest BCUT2D eigenvalue weighted by atomic mass is 15.0. The van der Waals surface area contributed by atoms with Gasteiger partial charge in [0, 0.05) is 17.9 Å². The first kappa shape index (κ1) is 9.10. The van der Waals surface area contributed by atoms with Crippen LogP contribution in [-0.2, 0) is 0 Å². The smallest absolute Gasteiger partial charge is 0.0342 e. The quantitative estimate of drug-likeness (QED) is 0.753. The Morgan fingerprint density at radius 2 is 2.40 bits per heavy atom. The van der Waals surface area contributed by atoms with Crippen LogP contribution < -0.4 is 5.32 Å². The number of nitrogens with zero attached hydrogens (tertiary/aromatic N) is 1. The lowest BCUT2D eigenvalue weighted by molar-refractivity contribution is 0.406. The third-order valence-corrected chi connectivity index (χ3v) is 3.63. The van der Waals surface area contributed by atoms with Gasteiger partial charge in [0.15, 0.2) is 0 Å². The van der Waals surface area contributed by atoms with Crippen molar-refractivity contribution in [2.75, 3.05) is 6.54 Å². The van der Waals surface area contributed by atoms with E-state index in [1.54, 1.807) is 0 Å². The lowest BCUT2D eigenvalue weighted by Crippen LogP contribution is -2.36. The van der Waals surface area contributed by atoms with Gasteiger partial charge < -0.3 is 5.32 Å². The van der Waals surface area contributed by atoms with Gasteiger partial charge >= 0.3 is 0 Å². The molecule has 3 rings (SSSR count). The first-order chi connectivity index (χ1) is 7.38. The maximum Gasteiger partial charge on any atom is 0.0342 e. The van der Waals surface area contributed by atoms with Crippen molar-refractivity contribution in [1.82, 2.24) is 10.3 Å². The summed E-state index contributed by atoms with van der Waals surface area (Å²) in [6.45, 7) is 1.19. The summed E-state index contributed by atoms with van der Waals surface area (Å²) in [5, 5.41) is 3.66. The Hall–Kier alpha value is -1.15. The molecule has 1 unspecified atom stereocenters. The second-order valence-electron chi connectivity index (χ2n) is 4.66. The second kappa shape index (κ2) is 3.46. The van der Waals surface area contributed by atoms with Gasteiger partial charge in [-0.1, -0.05) is 12.1 Å². The summed E-state index contributed by atoms with van der Waals surface area (Å²) in [5.74, 6) is 0. The normalized spacial score (nSPS) is 29.7. The first-order valence-electron chi connectivity index (χ1n) is 5.73. The SMILES string of the molecule is C1=C(c2cccnc2)CC2(C1)CCCN2. The van der Waals surface area contributed by atoms with Gasteiger partial charge in [0.05, 0.1) is 0 Å². The molecule has 0 radical (unpaired) electrons. The van der Waals surface area contributed by atoms with Crippen LogP contribution in [0.3, 0.4) is 0 Å². The second-order valence-corrected chi connectivity index (χ2v) is 4.66. The molecule has 2 heterocycles. The Morgan fingerprint density at radius 1 is 1.40 bits per heavy atom. The fourth-order valence-electron chi connectivity index (χ4n) is 2.79. The predicted octanol–water partition coefficient (Wildman–Crippen LogP) is 2.38. The van der Waals surface area contributed by atoms with Gasteiger partial charge in [0.2, 0.25) is 0 Å².